The fraction of sp³-hybridized carbons (Fsp3) is 0.125. The molecule has 1 aromatic heterocycles. The van der Waals surface area contributed by atoms with Crippen molar-refractivity contribution in [3.8, 4) is 5.69 Å². The van der Waals surface area contributed by atoms with E-state index in [1.807, 2.05) is 47.9 Å². The average molecular weight is 467 g/mol. The summed E-state index contributed by atoms with van der Waals surface area (Å²) in [6.45, 7) is 2.10. The molecule has 0 aliphatic rings. The largest absolute Gasteiger partial charge is 0.345 e. The molecule has 0 aliphatic carbocycles. The molecule has 162 valence electrons. The van der Waals surface area contributed by atoms with Gasteiger partial charge in [0.15, 0.2) is 11.0 Å². The number of thioether (sulfide) groups is 1. The van der Waals surface area contributed by atoms with Crippen molar-refractivity contribution < 1.29 is 9.18 Å². The first kappa shape index (κ1) is 22.0. The van der Waals surface area contributed by atoms with Crippen LogP contribution < -0.4 is 5.32 Å². The summed E-state index contributed by atoms with van der Waals surface area (Å²) >= 11 is 7.81. The van der Waals surface area contributed by atoms with Crippen LogP contribution in [0.3, 0.4) is 0 Å². The molecule has 5 nitrogen and oxygen atoms in total. The summed E-state index contributed by atoms with van der Waals surface area (Å²) in [7, 11) is 0. The number of carbonyl (C=O) groups is 1. The molecule has 8 heteroatoms. The number of aryl methyl sites for hydroxylation is 1. The Morgan fingerprint density at radius 3 is 2.66 bits per heavy atom. The van der Waals surface area contributed by atoms with Crippen molar-refractivity contribution in [1.82, 2.24) is 20.1 Å². The average Bonchev–Trinajstić information content (AvgIpc) is 3.21. The Kier molecular flexibility index (Phi) is 6.87. The van der Waals surface area contributed by atoms with Gasteiger partial charge in [0, 0.05) is 16.3 Å². The van der Waals surface area contributed by atoms with Crippen LogP contribution in [0.15, 0.2) is 78.0 Å². The van der Waals surface area contributed by atoms with Gasteiger partial charge < -0.3 is 5.32 Å². The molecule has 0 atom stereocenters. The van der Waals surface area contributed by atoms with Crippen molar-refractivity contribution in [3.63, 3.8) is 0 Å². The van der Waals surface area contributed by atoms with Crippen LogP contribution in [0.2, 0.25) is 5.02 Å². The van der Waals surface area contributed by atoms with Crippen molar-refractivity contribution in [2.24, 2.45) is 0 Å². The Morgan fingerprint density at radius 1 is 1.06 bits per heavy atom. The molecule has 1 N–H and O–H groups in total. The molecule has 4 aromatic rings. The van der Waals surface area contributed by atoms with E-state index in [4.69, 9.17) is 11.6 Å². The van der Waals surface area contributed by atoms with Crippen molar-refractivity contribution >= 4 is 29.3 Å². The molecule has 32 heavy (non-hydrogen) atoms. The Hall–Kier alpha value is -3.16. The quantitative estimate of drug-likeness (QED) is 0.361. The standard InChI is InChI=1S/C24H20ClFN4OS/c1-16-10-11-19(25)13-21(16)30-22(14-27-23(31)18-8-5-9-20(26)12-18)28-29-24(30)32-15-17-6-3-2-4-7-17/h2-13H,14-15H2,1H3,(H,27,31). The molecule has 1 heterocycles. The monoisotopic (exact) mass is 466 g/mol. The predicted molar refractivity (Wildman–Crippen MR) is 125 cm³/mol. The van der Waals surface area contributed by atoms with Crippen LogP contribution in [0.1, 0.15) is 27.3 Å². The molecular formula is C24H20ClFN4OS. The summed E-state index contributed by atoms with van der Waals surface area (Å²) in [5.41, 5.74) is 3.24. The van der Waals surface area contributed by atoms with Crippen molar-refractivity contribution in [2.75, 3.05) is 0 Å². The van der Waals surface area contributed by atoms with Gasteiger partial charge in [-0.1, -0.05) is 65.8 Å². The van der Waals surface area contributed by atoms with Crippen LogP contribution in [0, 0.1) is 12.7 Å². The van der Waals surface area contributed by atoms with Gasteiger partial charge in [-0.15, -0.1) is 10.2 Å². The van der Waals surface area contributed by atoms with Gasteiger partial charge in [-0.25, -0.2) is 4.39 Å². The molecular weight excluding hydrogens is 447 g/mol. The number of amides is 1. The van der Waals surface area contributed by atoms with Crippen LogP contribution in [0.5, 0.6) is 0 Å². The van der Waals surface area contributed by atoms with Gasteiger partial charge in [0.25, 0.3) is 5.91 Å². The zero-order valence-corrected chi connectivity index (χ0v) is 18.8. The lowest BCUT2D eigenvalue weighted by Gasteiger charge is -2.14. The van der Waals surface area contributed by atoms with E-state index in [0.717, 1.165) is 16.8 Å². The van der Waals surface area contributed by atoms with Gasteiger partial charge >= 0.3 is 0 Å². The summed E-state index contributed by atoms with van der Waals surface area (Å²) in [4.78, 5) is 12.5. The first-order valence-corrected chi connectivity index (χ1v) is 11.3. The lowest BCUT2D eigenvalue weighted by Crippen LogP contribution is -2.24. The third-order valence-corrected chi connectivity index (χ3v) is 6.05. The predicted octanol–water partition coefficient (Wildman–Crippen LogP) is 5.59. The maximum absolute atomic E-state index is 13.5. The number of aromatic nitrogens is 3. The lowest BCUT2D eigenvalue weighted by atomic mass is 10.2. The van der Waals surface area contributed by atoms with E-state index < -0.39 is 5.82 Å². The van der Waals surface area contributed by atoms with Crippen LogP contribution in [-0.4, -0.2) is 20.7 Å². The SMILES string of the molecule is Cc1ccc(Cl)cc1-n1c(CNC(=O)c2cccc(F)c2)nnc1SCc1ccccc1. The highest BCUT2D eigenvalue weighted by atomic mass is 35.5. The van der Waals surface area contributed by atoms with E-state index in [9.17, 15) is 9.18 Å². The molecule has 0 radical (unpaired) electrons. The second-order valence-electron chi connectivity index (χ2n) is 7.13. The lowest BCUT2D eigenvalue weighted by molar-refractivity contribution is 0.0949. The Labute approximate surface area is 194 Å². The highest BCUT2D eigenvalue weighted by molar-refractivity contribution is 7.98. The number of halogens is 2. The van der Waals surface area contributed by atoms with E-state index in [2.05, 4.69) is 27.6 Å². The summed E-state index contributed by atoms with van der Waals surface area (Å²) < 4.78 is 15.4. The fourth-order valence-corrected chi connectivity index (χ4v) is 4.27. The van der Waals surface area contributed by atoms with Gasteiger partial charge in [-0.3, -0.25) is 9.36 Å². The first-order chi connectivity index (χ1) is 15.5. The Balaban J connectivity index is 1.62. The molecule has 0 saturated heterocycles. The third-order valence-electron chi connectivity index (χ3n) is 4.82. The minimum absolute atomic E-state index is 0.125. The van der Waals surface area contributed by atoms with Crippen LogP contribution in [-0.2, 0) is 12.3 Å². The zero-order valence-electron chi connectivity index (χ0n) is 17.3. The smallest absolute Gasteiger partial charge is 0.251 e. The van der Waals surface area contributed by atoms with E-state index in [-0.39, 0.29) is 18.0 Å². The second kappa shape index (κ2) is 9.97. The fourth-order valence-electron chi connectivity index (χ4n) is 3.19. The summed E-state index contributed by atoms with van der Waals surface area (Å²) in [5.74, 6) is 0.417. The molecule has 0 bridgehead atoms. The molecule has 0 fully saturated rings. The van der Waals surface area contributed by atoms with E-state index in [1.54, 1.807) is 17.8 Å². The van der Waals surface area contributed by atoms with Crippen LogP contribution in [0.25, 0.3) is 5.69 Å². The number of hydrogen-bond donors (Lipinski definition) is 1. The van der Waals surface area contributed by atoms with Crippen molar-refractivity contribution in [1.29, 1.82) is 0 Å². The number of hydrogen-bond acceptors (Lipinski definition) is 4. The summed E-state index contributed by atoms with van der Waals surface area (Å²) in [6, 6.07) is 21.2. The molecule has 0 unspecified atom stereocenters. The number of rotatable bonds is 7. The van der Waals surface area contributed by atoms with Crippen molar-refractivity contribution in [2.45, 2.75) is 24.4 Å². The maximum atomic E-state index is 13.5. The number of nitrogens with one attached hydrogen (secondary N) is 1. The minimum Gasteiger partial charge on any atom is -0.345 e. The molecule has 3 aromatic carbocycles. The van der Waals surface area contributed by atoms with E-state index in [0.29, 0.717) is 21.8 Å². The maximum Gasteiger partial charge on any atom is 0.251 e. The zero-order chi connectivity index (χ0) is 22.5. The molecule has 0 saturated carbocycles. The number of benzene rings is 3. The van der Waals surface area contributed by atoms with Gasteiger partial charge in [-0.2, -0.15) is 0 Å². The normalized spacial score (nSPS) is 10.8. The highest BCUT2D eigenvalue weighted by Crippen LogP contribution is 2.28. The Bertz CT molecular complexity index is 1250. The van der Waals surface area contributed by atoms with Gasteiger partial charge in [0.05, 0.1) is 12.2 Å². The number of nitrogens with zero attached hydrogens (tertiary/aromatic N) is 3. The van der Waals surface area contributed by atoms with E-state index in [1.165, 1.54) is 18.2 Å². The van der Waals surface area contributed by atoms with Gasteiger partial charge in [0.2, 0.25) is 0 Å². The van der Waals surface area contributed by atoms with Gasteiger partial charge in [-0.05, 0) is 48.4 Å². The number of carbonyl (C=O) groups excluding carboxylic acids is 1. The molecule has 4 rings (SSSR count). The summed E-state index contributed by atoms with van der Waals surface area (Å²) in [5, 5.41) is 12.8. The molecule has 0 spiro atoms. The highest BCUT2D eigenvalue weighted by Gasteiger charge is 2.18. The second-order valence-corrected chi connectivity index (χ2v) is 8.51. The van der Waals surface area contributed by atoms with E-state index >= 15 is 0 Å². The first-order valence-electron chi connectivity index (χ1n) is 9.92. The molecule has 1 amide bonds. The summed E-state index contributed by atoms with van der Waals surface area (Å²) in [6.07, 6.45) is 0. The topological polar surface area (TPSA) is 59.8 Å². The van der Waals surface area contributed by atoms with Crippen molar-refractivity contribution in [3.05, 3.63) is 106 Å². The molecule has 0 aliphatic heterocycles. The Morgan fingerprint density at radius 2 is 1.88 bits per heavy atom. The van der Waals surface area contributed by atoms with Gasteiger partial charge in [0.1, 0.15) is 5.82 Å². The third kappa shape index (κ3) is 5.18. The van der Waals surface area contributed by atoms with Crippen LogP contribution in [0.4, 0.5) is 4.39 Å². The minimum atomic E-state index is -0.463. The van der Waals surface area contributed by atoms with Crippen LogP contribution >= 0.6 is 23.4 Å².